The Kier molecular flexibility index (Phi) is 6.01. The summed E-state index contributed by atoms with van der Waals surface area (Å²) in [5.74, 6) is 1.18. The molecule has 2 aromatic rings. The zero-order valence-corrected chi connectivity index (χ0v) is 14.6. The summed E-state index contributed by atoms with van der Waals surface area (Å²) < 4.78 is 10.4. The molecule has 2 rings (SSSR count). The van der Waals surface area contributed by atoms with Crippen molar-refractivity contribution in [3.63, 3.8) is 0 Å². The lowest BCUT2D eigenvalue weighted by molar-refractivity contribution is -0.117. The van der Waals surface area contributed by atoms with Gasteiger partial charge >= 0.3 is 0 Å². The maximum Gasteiger partial charge on any atom is 0.238 e. The average molecular weight is 334 g/mol. The number of likely N-dealkylation sites (N-methyl/N-ethyl adjacent to an activating group) is 1. The molecule has 23 heavy (non-hydrogen) atoms. The number of nitrogens with zero attached hydrogens (tertiary/aromatic N) is 1. The van der Waals surface area contributed by atoms with Gasteiger partial charge in [0.2, 0.25) is 5.91 Å². The van der Waals surface area contributed by atoms with Crippen LogP contribution in [0.3, 0.4) is 0 Å². The van der Waals surface area contributed by atoms with Gasteiger partial charge in [0.15, 0.2) is 0 Å². The summed E-state index contributed by atoms with van der Waals surface area (Å²) in [5.41, 5.74) is 0.635. The summed E-state index contributed by atoms with van der Waals surface area (Å²) in [5, 5.41) is 4.93. The van der Waals surface area contributed by atoms with Gasteiger partial charge in [-0.25, -0.2) is 0 Å². The van der Waals surface area contributed by atoms with Crippen LogP contribution in [-0.2, 0) is 4.79 Å². The number of benzene rings is 1. The molecule has 0 radical (unpaired) electrons. The molecule has 0 fully saturated rings. The molecule has 1 aromatic carbocycles. The molecule has 0 spiro atoms. The number of carbonyl (C=O) groups is 1. The highest BCUT2D eigenvalue weighted by molar-refractivity contribution is 7.10. The first-order valence-electron chi connectivity index (χ1n) is 7.30. The standard InChI is InChI=1S/C17H22N2O3S/c1-12(16-6-5-9-23-16)19(2)11-17(20)18-14-8-7-13(21-3)10-15(14)22-4/h5-10,12H,11H2,1-4H3,(H,18,20). The molecular formula is C17H22N2O3S. The molecule has 6 heteroatoms. The van der Waals surface area contributed by atoms with Crippen LogP contribution in [0.1, 0.15) is 17.8 Å². The van der Waals surface area contributed by atoms with Gasteiger partial charge in [-0.3, -0.25) is 9.69 Å². The van der Waals surface area contributed by atoms with Crippen molar-refractivity contribution in [3.8, 4) is 11.5 Å². The maximum absolute atomic E-state index is 12.3. The molecule has 1 unspecified atom stereocenters. The van der Waals surface area contributed by atoms with E-state index in [1.54, 1.807) is 43.8 Å². The monoisotopic (exact) mass is 334 g/mol. The Morgan fingerprint density at radius 2 is 2.09 bits per heavy atom. The second-order valence-corrected chi connectivity index (χ2v) is 6.20. The smallest absolute Gasteiger partial charge is 0.238 e. The van der Waals surface area contributed by atoms with Gasteiger partial charge < -0.3 is 14.8 Å². The van der Waals surface area contributed by atoms with Gasteiger partial charge in [-0.15, -0.1) is 11.3 Å². The molecule has 0 saturated carbocycles. The van der Waals surface area contributed by atoms with E-state index in [2.05, 4.69) is 18.3 Å². The molecule has 1 amide bonds. The number of methoxy groups -OCH3 is 2. The molecule has 0 aliphatic rings. The molecule has 0 aliphatic carbocycles. The summed E-state index contributed by atoms with van der Waals surface area (Å²) in [6, 6.07) is 9.60. The van der Waals surface area contributed by atoms with E-state index in [0.717, 1.165) is 0 Å². The number of rotatable bonds is 7. The fraction of sp³-hybridized carbons (Fsp3) is 0.353. The minimum Gasteiger partial charge on any atom is -0.497 e. The van der Waals surface area contributed by atoms with Crippen molar-refractivity contribution in [2.75, 3.05) is 33.1 Å². The highest BCUT2D eigenvalue weighted by atomic mass is 32.1. The summed E-state index contributed by atoms with van der Waals surface area (Å²) in [6.45, 7) is 2.39. The molecule has 1 heterocycles. The fourth-order valence-corrected chi connectivity index (χ4v) is 3.05. The number of anilines is 1. The molecule has 1 atom stereocenters. The summed E-state index contributed by atoms with van der Waals surface area (Å²) in [4.78, 5) is 15.5. The number of amides is 1. The number of carbonyl (C=O) groups excluding carboxylic acids is 1. The molecule has 124 valence electrons. The Morgan fingerprint density at radius 1 is 1.30 bits per heavy atom. The van der Waals surface area contributed by atoms with Crippen molar-refractivity contribution in [1.82, 2.24) is 4.90 Å². The molecule has 1 N–H and O–H groups in total. The maximum atomic E-state index is 12.3. The first-order valence-corrected chi connectivity index (χ1v) is 8.18. The van der Waals surface area contributed by atoms with E-state index in [9.17, 15) is 4.79 Å². The summed E-state index contributed by atoms with van der Waals surface area (Å²) >= 11 is 1.69. The lowest BCUT2D eigenvalue weighted by Crippen LogP contribution is -2.32. The normalized spacial score (nSPS) is 12.0. The molecule has 5 nitrogen and oxygen atoms in total. The van der Waals surface area contributed by atoms with Crippen molar-refractivity contribution in [1.29, 1.82) is 0 Å². The van der Waals surface area contributed by atoms with Gasteiger partial charge in [0.05, 0.1) is 26.5 Å². The van der Waals surface area contributed by atoms with E-state index in [1.165, 1.54) is 4.88 Å². The SMILES string of the molecule is COc1ccc(NC(=O)CN(C)C(C)c2cccs2)c(OC)c1. The third-order valence-corrected chi connectivity index (χ3v) is 4.73. The highest BCUT2D eigenvalue weighted by Crippen LogP contribution is 2.29. The van der Waals surface area contributed by atoms with Gasteiger partial charge in [0.25, 0.3) is 0 Å². The van der Waals surface area contributed by atoms with Crippen molar-refractivity contribution in [2.24, 2.45) is 0 Å². The van der Waals surface area contributed by atoms with E-state index < -0.39 is 0 Å². The Morgan fingerprint density at radius 3 is 2.70 bits per heavy atom. The van der Waals surface area contributed by atoms with Crippen LogP contribution in [0.5, 0.6) is 11.5 Å². The first-order chi connectivity index (χ1) is 11.0. The van der Waals surface area contributed by atoms with Crippen molar-refractivity contribution in [2.45, 2.75) is 13.0 Å². The van der Waals surface area contributed by atoms with Crippen LogP contribution in [-0.4, -0.2) is 38.6 Å². The molecule has 0 saturated heterocycles. The topological polar surface area (TPSA) is 50.8 Å². The van der Waals surface area contributed by atoms with Crippen LogP contribution in [0.25, 0.3) is 0 Å². The van der Waals surface area contributed by atoms with Crippen LogP contribution < -0.4 is 14.8 Å². The third kappa shape index (κ3) is 4.46. The molecule has 1 aromatic heterocycles. The number of hydrogen-bond acceptors (Lipinski definition) is 5. The lowest BCUT2D eigenvalue weighted by Gasteiger charge is -2.23. The summed E-state index contributed by atoms with van der Waals surface area (Å²) in [7, 11) is 5.10. The van der Waals surface area contributed by atoms with Crippen LogP contribution in [0.15, 0.2) is 35.7 Å². The van der Waals surface area contributed by atoms with Gasteiger partial charge in [-0.05, 0) is 37.6 Å². The van der Waals surface area contributed by atoms with Crippen LogP contribution in [0.2, 0.25) is 0 Å². The Hall–Kier alpha value is -2.05. The quantitative estimate of drug-likeness (QED) is 0.843. The van der Waals surface area contributed by atoms with E-state index in [0.29, 0.717) is 23.7 Å². The number of ether oxygens (including phenoxy) is 2. The van der Waals surface area contributed by atoms with Gasteiger partial charge in [-0.1, -0.05) is 6.07 Å². The Balaban J connectivity index is 1.99. The number of hydrogen-bond donors (Lipinski definition) is 1. The van der Waals surface area contributed by atoms with Crippen molar-refractivity contribution in [3.05, 3.63) is 40.6 Å². The zero-order chi connectivity index (χ0) is 16.8. The number of thiophene rings is 1. The van der Waals surface area contributed by atoms with Crippen LogP contribution in [0.4, 0.5) is 5.69 Å². The summed E-state index contributed by atoms with van der Waals surface area (Å²) in [6.07, 6.45) is 0. The van der Waals surface area contributed by atoms with Crippen LogP contribution in [0, 0.1) is 0 Å². The van der Waals surface area contributed by atoms with E-state index in [-0.39, 0.29) is 11.9 Å². The van der Waals surface area contributed by atoms with Gasteiger partial charge in [-0.2, -0.15) is 0 Å². The van der Waals surface area contributed by atoms with Gasteiger partial charge in [0.1, 0.15) is 11.5 Å². The molecule has 0 bridgehead atoms. The largest absolute Gasteiger partial charge is 0.497 e. The highest BCUT2D eigenvalue weighted by Gasteiger charge is 2.16. The predicted molar refractivity (Wildman–Crippen MR) is 93.5 cm³/mol. The minimum atomic E-state index is -0.0839. The predicted octanol–water partition coefficient (Wildman–Crippen LogP) is 3.40. The molecule has 0 aliphatic heterocycles. The lowest BCUT2D eigenvalue weighted by atomic mass is 10.2. The van der Waals surface area contributed by atoms with E-state index in [1.807, 2.05) is 23.4 Å². The first kappa shape index (κ1) is 17.3. The van der Waals surface area contributed by atoms with Crippen molar-refractivity contribution < 1.29 is 14.3 Å². The van der Waals surface area contributed by atoms with Crippen LogP contribution >= 0.6 is 11.3 Å². The van der Waals surface area contributed by atoms with E-state index >= 15 is 0 Å². The van der Waals surface area contributed by atoms with Crippen molar-refractivity contribution >= 4 is 22.9 Å². The average Bonchev–Trinajstić information content (AvgIpc) is 3.08. The fourth-order valence-electron chi connectivity index (χ4n) is 2.20. The Labute approximate surface area is 140 Å². The number of nitrogens with one attached hydrogen (secondary N) is 1. The van der Waals surface area contributed by atoms with E-state index in [4.69, 9.17) is 9.47 Å². The Bertz CT molecular complexity index is 643. The minimum absolute atomic E-state index is 0.0839. The second-order valence-electron chi connectivity index (χ2n) is 5.22. The third-order valence-electron chi connectivity index (χ3n) is 3.69. The zero-order valence-electron chi connectivity index (χ0n) is 13.8. The second kappa shape index (κ2) is 7.99. The molecular weight excluding hydrogens is 312 g/mol. The van der Waals surface area contributed by atoms with Gasteiger partial charge in [0, 0.05) is 17.0 Å².